The van der Waals surface area contributed by atoms with Crippen molar-refractivity contribution < 1.29 is 14.7 Å². The van der Waals surface area contributed by atoms with Gasteiger partial charge in [-0.2, -0.15) is 0 Å². The minimum Gasteiger partial charge on any atom is -0.512 e. The first-order chi connectivity index (χ1) is 12.7. The molecule has 1 aliphatic rings. The van der Waals surface area contributed by atoms with E-state index in [-0.39, 0.29) is 0 Å². The van der Waals surface area contributed by atoms with Gasteiger partial charge in [-0.25, -0.2) is 0 Å². The van der Waals surface area contributed by atoms with Crippen LogP contribution in [0.1, 0.15) is 0 Å². The number of fused-ring (bicyclic) bond motifs is 3. The van der Waals surface area contributed by atoms with Gasteiger partial charge in [0.1, 0.15) is 5.75 Å². The molecule has 0 amide bonds. The van der Waals surface area contributed by atoms with Gasteiger partial charge >= 0.3 is 7.32 Å². The first kappa shape index (κ1) is 15.2. The van der Waals surface area contributed by atoms with E-state index in [1.807, 2.05) is 18.2 Å². The quantitative estimate of drug-likeness (QED) is 0.476. The molecular formula is C22H15BO3. The van der Waals surface area contributed by atoms with E-state index in [0.717, 1.165) is 11.1 Å². The summed E-state index contributed by atoms with van der Waals surface area (Å²) < 4.78 is 5.01. The molecule has 0 fully saturated rings. The molecule has 1 aliphatic carbocycles. The van der Waals surface area contributed by atoms with Crippen LogP contribution in [-0.2, 0) is 0 Å². The predicted molar refractivity (Wildman–Crippen MR) is 105 cm³/mol. The Hall–Kier alpha value is -3.08. The van der Waals surface area contributed by atoms with Gasteiger partial charge in [-0.3, -0.25) is 0 Å². The Labute approximate surface area is 151 Å². The van der Waals surface area contributed by atoms with Gasteiger partial charge in [0.25, 0.3) is 0 Å². The van der Waals surface area contributed by atoms with E-state index in [0.29, 0.717) is 5.75 Å². The van der Waals surface area contributed by atoms with Gasteiger partial charge in [0.15, 0.2) is 0 Å². The minimum atomic E-state index is -1.83. The van der Waals surface area contributed by atoms with Crippen LogP contribution >= 0.6 is 0 Å². The lowest BCUT2D eigenvalue weighted by Gasteiger charge is -2.11. The zero-order valence-corrected chi connectivity index (χ0v) is 13.9. The van der Waals surface area contributed by atoms with E-state index in [1.165, 1.54) is 33.0 Å². The van der Waals surface area contributed by atoms with Crippen molar-refractivity contribution in [3.05, 3.63) is 78.9 Å². The minimum absolute atomic E-state index is 0.420. The summed E-state index contributed by atoms with van der Waals surface area (Å²) in [5, 5.41) is 20.5. The van der Waals surface area contributed by atoms with E-state index >= 15 is 0 Å². The zero-order chi connectivity index (χ0) is 17.7. The summed E-state index contributed by atoms with van der Waals surface area (Å²) in [6.45, 7) is 0. The first-order valence-electron chi connectivity index (χ1n) is 8.51. The van der Waals surface area contributed by atoms with Crippen LogP contribution in [0, 0.1) is 0 Å². The largest absolute Gasteiger partial charge is 0.707 e. The summed E-state index contributed by atoms with van der Waals surface area (Å²) in [6.07, 6.45) is 0. The Morgan fingerprint density at radius 1 is 0.615 bits per heavy atom. The fourth-order valence-electron chi connectivity index (χ4n) is 3.92. The van der Waals surface area contributed by atoms with Crippen LogP contribution in [0.4, 0.5) is 0 Å². The molecule has 5 rings (SSSR count). The van der Waals surface area contributed by atoms with Crippen molar-refractivity contribution in [3.63, 3.8) is 0 Å². The maximum atomic E-state index is 9.05. The fourth-order valence-corrected chi connectivity index (χ4v) is 3.92. The molecule has 0 heterocycles. The normalized spacial score (nSPS) is 11.5. The number of benzene rings is 4. The monoisotopic (exact) mass is 338 g/mol. The van der Waals surface area contributed by atoms with Crippen LogP contribution in [0.25, 0.3) is 44.2 Å². The second-order valence-corrected chi connectivity index (χ2v) is 6.41. The van der Waals surface area contributed by atoms with Crippen molar-refractivity contribution in [3.8, 4) is 39.1 Å². The molecule has 0 aliphatic heterocycles. The highest BCUT2D eigenvalue weighted by Crippen LogP contribution is 2.49. The maximum Gasteiger partial charge on any atom is 0.707 e. The van der Waals surface area contributed by atoms with E-state index in [4.69, 9.17) is 14.7 Å². The zero-order valence-electron chi connectivity index (χ0n) is 13.9. The lowest BCUT2D eigenvalue weighted by Crippen LogP contribution is -2.20. The second-order valence-electron chi connectivity index (χ2n) is 6.41. The lowest BCUT2D eigenvalue weighted by molar-refractivity contribution is 0.288. The average molecular weight is 338 g/mol. The highest BCUT2D eigenvalue weighted by Gasteiger charge is 2.22. The molecule has 2 N–H and O–H groups in total. The van der Waals surface area contributed by atoms with Crippen molar-refractivity contribution in [1.82, 2.24) is 0 Å². The molecular weight excluding hydrogens is 323 g/mol. The number of rotatable bonds is 3. The summed E-state index contributed by atoms with van der Waals surface area (Å²) >= 11 is 0. The molecule has 0 radical (unpaired) electrons. The molecule has 0 unspecified atom stereocenters. The van der Waals surface area contributed by atoms with Crippen molar-refractivity contribution in [2.75, 3.05) is 0 Å². The Kier molecular flexibility index (Phi) is 3.35. The van der Waals surface area contributed by atoms with Crippen LogP contribution in [0.3, 0.4) is 0 Å². The smallest absolute Gasteiger partial charge is 0.512 e. The van der Waals surface area contributed by atoms with Gasteiger partial charge in [-0.05, 0) is 56.3 Å². The van der Waals surface area contributed by atoms with Crippen LogP contribution in [-0.4, -0.2) is 17.4 Å². The van der Waals surface area contributed by atoms with Gasteiger partial charge in [-0.15, -0.1) is 0 Å². The van der Waals surface area contributed by atoms with Crippen molar-refractivity contribution >= 4 is 18.1 Å². The highest BCUT2D eigenvalue weighted by atomic mass is 16.6. The second kappa shape index (κ2) is 5.73. The van der Waals surface area contributed by atoms with E-state index in [2.05, 4.69) is 54.6 Å². The molecule has 26 heavy (non-hydrogen) atoms. The molecule has 0 aromatic heterocycles. The molecule has 0 saturated carbocycles. The SMILES string of the molecule is OB(O)Oc1cccc(-c2ccc3c4c(cccc24)-c2ccccc2-3)c1. The van der Waals surface area contributed by atoms with Crippen molar-refractivity contribution in [2.45, 2.75) is 0 Å². The first-order valence-corrected chi connectivity index (χ1v) is 8.51. The predicted octanol–water partition coefficient (Wildman–Crippen LogP) is 4.50. The van der Waals surface area contributed by atoms with E-state index < -0.39 is 7.32 Å². The molecule has 3 nitrogen and oxygen atoms in total. The van der Waals surface area contributed by atoms with Gasteiger partial charge in [0.05, 0.1) is 0 Å². The summed E-state index contributed by atoms with van der Waals surface area (Å²) in [7, 11) is -1.83. The summed E-state index contributed by atoms with van der Waals surface area (Å²) in [5.41, 5.74) is 7.12. The molecule has 0 bridgehead atoms. The van der Waals surface area contributed by atoms with Crippen LogP contribution in [0.5, 0.6) is 5.75 Å². The molecule has 4 aromatic carbocycles. The topological polar surface area (TPSA) is 49.7 Å². The molecule has 4 heteroatoms. The molecule has 0 atom stereocenters. The van der Waals surface area contributed by atoms with Crippen molar-refractivity contribution in [2.24, 2.45) is 0 Å². The average Bonchev–Trinajstić information content (AvgIpc) is 2.98. The van der Waals surface area contributed by atoms with Crippen LogP contribution in [0.15, 0.2) is 78.9 Å². The number of hydrogen-bond donors (Lipinski definition) is 2. The van der Waals surface area contributed by atoms with Crippen molar-refractivity contribution in [1.29, 1.82) is 0 Å². The third-order valence-corrected chi connectivity index (χ3v) is 4.93. The highest BCUT2D eigenvalue weighted by molar-refractivity contribution is 6.33. The van der Waals surface area contributed by atoms with E-state index in [1.54, 1.807) is 6.07 Å². The third kappa shape index (κ3) is 2.24. The maximum absolute atomic E-state index is 9.05. The summed E-state index contributed by atoms with van der Waals surface area (Å²) in [6, 6.07) is 26.6. The lowest BCUT2D eigenvalue weighted by atomic mass is 9.94. The van der Waals surface area contributed by atoms with Gasteiger partial charge in [-0.1, -0.05) is 66.7 Å². The third-order valence-electron chi connectivity index (χ3n) is 4.93. The molecule has 0 saturated heterocycles. The molecule has 4 aromatic rings. The van der Waals surface area contributed by atoms with Gasteiger partial charge < -0.3 is 14.7 Å². The number of hydrogen-bond acceptors (Lipinski definition) is 3. The Morgan fingerprint density at radius 3 is 2.04 bits per heavy atom. The van der Waals surface area contributed by atoms with Gasteiger partial charge in [0.2, 0.25) is 0 Å². The van der Waals surface area contributed by atoms with E-state index in [9.17, 15) is 0 Å². The molecule has 124 valence electrons. The Bertz CT molecular complexity index is 1120. The standard InChI is InChI=1S/C22H15BO3/c24-23(25)26-15-6-3-5-14(13-15)16-11-12-21-18-8-2-1-7-17(18)20-10-4-9-19(16)22(20)21/h1-13,24-25H. The van der Waals surface area contributed by atoms with Crippen LogP contribution < -0.4 is 4.65 Å². The van der Waals surface area contributed by atoms with Gasteiger partial charge in [0, 0.05) is 0 Å². The molecule has 0 spiro atoms. The summed E-state index contributed by atoms with van der Waals surface area (Å²) in [4.78, 5) is 0. The Balaban J connectivity index is 1.74. The fraction of sp³-hybridized carbons (Fsp3) is 0. The Morgan fingerprint density at radius 2 is 1.27 bits per heavy atom. The van der Waals surface area contributed by atoms with Crippen LogP contribution in [0.2, 0.25) is 0 Å². The summed E-state index contributed by atoms with van der Waals surface area (Å²) in [5.74, 6) is 0.420.